The molecule has 1 amide bonds. The number of carboxylic acid groups (broad SMARTS) is 1. The number of carbonyl (C=O) groups is 2. The van der Waals surface area contributed by atoms with Gasteiger partial charge < -0.3 is 17.0 Å². The molecule has 0 spiro atoms. The van der Waals surface area contributed by atoms with Gasteiger partial charge in [-0.05, 0) is 12.1 Å². The van der Waals surface area contributed by atoms with E-state index in [1.165, 1.54) is 12.4 Å². The average molecular weight is 407 g/mol. The number of nitrogens with two attached hydrogens (primary N) is 1. The number of halogens is 3. The molecule has 2 aromatic heterocycles. The second kappa shape index (κ2) is 8.23. The fourth-order valence-electron chi connectivity index (χ4n) is 2.37. The number of fused-ring (bicyclic) bond motifs is 1. The zero-order valence-corrected chi connectivity index (χ0v) is 15.3. The molecular weight excluding hydrogens is 397 g/mol. The molecule has 2 heterocycles. The molecule has 0 unspecified atom stereocenters. The maximum Gasteiger partial charge on any atom is 1.00 e. The first-order valence-corrected chi connectivity index (χ1v) is 8.18. The number of hydrogen-bond donors (Lipinski definition) is 2. The molecule has 3 rings (SSSR count). The van der Waals surface area contributed by atoms with Crippen LogP contribution in [0.3, 0.4) is 0 Å². The molecule has 6 nitrogen and oxygen atoms in total. The van der Waals surface area contributed by atoms with Crippen LogP contribution >= 0.6 is 22.9 Å². The first-order valence-electron chi connectivity index (χ1n) is 6.99. The van der Waals surface area contributed by atoms with Crippen molar-refractivity contribution < 1.29 is 48.5 Å². The Balaban J connectivity index is 0.00000196. The van der Waals surface area contributed by atoms with Crippen LogP contribution in [0.2, 0.25) is 5.02 Å². The summed E-state index contributed by atoms with van der Waals surface area (Å²) in [5.41, 5.74) is 4.80. The topological polar surface area (TPSA) is 103 Å². The number of aromatic nitrogens is 1. The van der Waals surface area contributed by atoms with Gasteiger partial charge >= 0.3 is 24.8 Å². The summed E-state index contributed by atoms with van der Waals surface area (Å²) in [7, 11) is 0. The summed E-state index contributed by atoms with van der Waals surface area (Å²) in [6, 6.07) is 1.48. The van der Waals surface area contributed by atoms with Crippen molar-refractivity contribution in [2.24, 2.45) is 5.73 Å². The molecule has 0 atom stereocenters. The molecular formula is C16H10ClF2LiN2O4S. The number of thiophene rings is 1. The van der Waals surface area contributed by atoms with Crippen LogP contribution in [0.1, 0.15) is 27.0 Å². The Bertz CT molecular complexity index is 1040. The van der Waals surface area contributed by atoms with Crippen LogP contribution in [0, 0.1) is 11.6 Å². The van der Waals surface area contributed by atoms with E-state index >= 15 is 0 Å². The molecule has 0 bridgehead atoms. The molecule has 3 N–H and O–H groups in total. The minimum atomic E-state index is -1.23. The quantitative estimate of drug-likeness (QED) is 0.608. The summed E-state index contributed by atoms with van der Waals surface area (Å²) in [5, 5.41) is 9.93. The summed E-state index contributed by atoms with van der Waals surface area (Å²) in [5.74, 6) is -5.25. The van der Waals surface area contributed by atoms with Crippen molar-refractivity contribution in [1.82, 2.24) is 4.98 Å². The first-order chi connectivity index (χ1) is 12.3. The summed E-state index contributed by atoms with van der Waals surface area (Å²) in [6.07, 6.45) is 2.76. The third-order valence-electron chi connectivity index (χ3n) is 3.49. The zero-order valence-electron chi connectivity index (χ0n) is 14.8. The Morgan fingerprint density at radius 2 is 1.93 bits per heavy atom. The predicted molar refractivity (Wildman–Crippen MR) is 91.9 cm³/mol. The largest absolute Gasteiger partial charge is 1.00 e. The van der Waals surface area contributed by atoms with Gasteiger partial charge in [0.1, 0.15) is 11.5 Å². The maximum absolute atomic E-state index is 14.0. The standard InChI is InChI=1S/C16H9ClF2N2O4S.Li.H/c17-8-3-21-4-11-12(8)7(14(26-11)16(23)24)5-25-13-9(18)1-6(15(20)22)2-10(13)19;;/h1-4H,5H2,(H2,20,22)(H,23,24);;/q;+1;-1. The zero-order chi connectivity index (χ0) is 19.0. The molecule has 0 aliphatic rings. The second-order valence-electron chi connectivity index (χ2n) is 5.13. The molecule has 136 valence electrons. The van der Waals surface area contributed by atoms with E-state index in [1.54, 1.807) is 0 Å². The maximum atomic E-state index is 14.0. The number of hydrogen-bond acceptors (Lipinski definition) is 5. The number of amides is 1. The van der Waals surface area contributed by atoms with Crippen molar-refractivity contribution >= 4 is 44.9 Å². The smallest absolute Gasteiger partial charge is 1.00 e. The Hall–Kier alpha value is -2.18. The van der Waals surface area contributed by atoms with Crippen LogP contribution < -0.4 is 29.3 Å². The van der Waals surface area contributed by atoms with Gasteiger partial charge in [0.15, 0.2) is 17.4 Å². The molecule has 0 fully saturated rings. The fourth-order valence-corrected chi connectivity index (χ4v) is 3.74. The van der Waals surface area contributed by atoms with Crippen molar-refractivity contribution in [2.75, 3.05) is 0 Å². The van der Waals surface area contributed by atoms with E-state index in [4.69, 9.17) is 22.1 Å². The third kappa shape index (κ3) is 4.06. The predicted octanol–water partition coefficient (Wildman–Crippen LogP) is 0.720. The van der Waals surface area contributed by atoms with E-state index in [2.05, 4.69) is 4.98 Å². The van der Waals surface area contributed by atoms with Crippen molar-refractivity contribution in [3.05, 3.63) is 57.2 Å². The van der Waals surface area contributed by atoms with E-state index in [0.29, 0.717) is 10.1 Å². The van der Waals surface area contributed by atoms with Crippen LogP contribution in [0.25, 0.3) is 10.1 Å². The number of carboxylic acids is 1. The SMILES string of the molecule is NC(=O)c1cc(F)c(OCc2c(C(=O)O)sc3cncc(Cl)c23)c(F)c1.[H-].[Li+]. The molecule has 0 aliphatic heterocycles. The van der Waals surface area contributed by atoms with Gasteiger partial charge in [-0.1, -0.05) is 11.6 Å². The van der Waals surface area contributed by atoms with Gasteiger partial charge in [-0.25, -0.2) is 13.6 Å². The molecule has 0 saturated carbocycles. The van der Waals surface area contributed by atoms with Gasteiger partial charge in [0.2, 0.25) is 5.91 Å². The van der Waals surface area contributed by atoms with Gasteiger partial charge in [-0.3, -0.25) is 9.78 Å². The number of rotatable bonds is 5. The number of aromatic carboxylic acids is 1. The van der Waals surface area contributed by atoms with Crippen LogP contribution in [-0.4, -0.2) is 22.0 Å². The number of ether oxygens (including phenoxy) is 1. The molecule has 0 radical (unpaired) electrons. The second-order valence-corrected chi connectivity index (χ2v) is 6.59. The molecule has 3 aromatic rings. The summed E-state index contributed by atoms with van der Waals surface area (Å²) in [4.78, 5) is 26.3. The molecule has 1 aromatic carbocycles. The Labute approximate surface area is 173 Å². The number of nitrogens with zero attached hydrogens (tertiary/aromatic N) is 1. The van der Waals surface area contributed by atoms with Crippen LogP contribution in [0.5, 0.6) is 5.75 Å². The average Bonchev–Trinajstić information content (AvgIpc) is 2.94. The van der Waals surface area contributed by atoms with Gasteiger partial charge in [-0.2, -0.15) is 0 Å². The van der Waals surface area contributed by atoms with Gasteiger partial charge in [0.25, 0.3) is 0 Å². The normalized spacial score (nSPS) is 10.5. The van der Waals surface area contributed by atoms with Crippen LogP contribution in [0.4, 0.5) is 8.78 Å². The Kier molecular flexibility index (Phi) is 6.44. The Morgan fingerprint density at radius 3 is 2.48 bits per heavy atom. The number of primary amides is 1. The van der Waals surface area contributed by atoms with E-state index < -0.39 is 35.9 Å². The van der Waals surface area contributed by atoms with Gasteiger partial charge in [0.05, 0.1) is 9.72 Å². The van der Waals surface area contributed by atoms with Gasteiger partial charge in [-0.15, -0.1) is 11.3 Å². The van der Waals surface area contributed by atoms with Crippen molar-refractivity contribution in [3.63, 3.8) is 0 Å². The van der Waals surface area contributed by atoms with Gasteiger partial charge in [0, 0.05) is 28.9 Å². The fraction of sp³-hybridized carbons (Fsp3) is 0.0625. The minimum absolute atomic E-state index is 0. The van der Waals surface area contributed by atoms with Crippen LogP contribution in [-0.2, 0) is 6.61 Å². The summed E-state index contributed by atoms with van der Waals surface area (Å²) >= 11 is 7.00. The van der Waals surface area contributed by atoms with E-state index in [0.717, 1.165) is 23.5 Å². The van der Waals surface area contributed by atoms with Crippen molar-refractivity contribution in [3.8, 4) is 5.75 Å². The molecule has 0 saturated heterocycles. The van der Waals surface area contributed by atoms with Crippen molar-refractivity contribution in [1.29, 1.82) is 0 Å². The van der Waals surface area contributed by atoms with E-state index in [9.17, 15) is 23.5 Å². The monoisotopic (exact) mass is 406 g/mol. The minimum Gasteiger partial charge on any atom is -1.00 e. The molecule has 0 aliphatic carbocycles. The van der Waals surface area contributed by atoms with E-state index in [-0.39, 0.29) is 41.3 Å². The number of benzene rings is 1. The number of pyridine rings is 1. The van der Waals surface area contributed by atoms with E-state index in [1.807, 2.05) is 0 Å². The summed E-state index contributed by atoms with van der Waals surface area (Å²) < 4.78 is 33.7. The Morgan fingerprint density at radius 1 is 1.30 bits per heavy atom. The molecule has 11 heteroatoms. The molecule has 27 heavy (non-hydrogen) atoms. The van der Waals surface area contributed by atoms with Crippen LogP contribution in [0.15, 0.2) is 24.5 Å². The third-order valence-corrected chi connectivity index (χ3v) is 4.93. The summed E-state index contributed by atoms with van der Waals surface area (Å²) in [6.45, 7) is -0.449. The van der Waals surface area contributed by atoms with Crippen molar-refractivity contribution in [2.45, 2.75) is 6.61 Å². The number of carbonyl (C=O) groups excluding carboxylic acids is 1. The first kappa shape index (κ1) is 21.1.